The van der Waals surface area contributed by atoms with Crippen LogP contribution in [0.4, 0.5) is 0 Å². The molecule has 0 heterocycles. The van der Waals surface area contributed by atoms with Gasteiger partial charge in [0.1, 0.15) is 0 Å². The van der Waals surface area contributed by atoms with E-state index >= 15 is 0 Å². The fraction of sp³-hybridized carbons (Fsp3) is 0.222. The molecule has 0 saturated carbocycles. The first-order chi connectivity index (χ1) is 5.57. The summed E-state index contributed by atoms with van der Waals surface area (Å²) in [6, 6.07) is 1.86. The fourth-order valence-electron chi connectivity index (χ4n) is 1.05. The van der Waals surface area contributed by atoms with Crippen LogP contribution in [0.25, 0.3) is 0 Å². The lowest BCUT2D eigenvalue weighted by Crippen LogP contribution is -1.90. The predicted molar refractivity (Wildman–Crippen MR) is 56.7 cm³/mol. The smallest absolute Gasteiger partial charge is 0.151 e. The van der Waals surface area contributed by atoms with Crippen LogP contribution < -0.4 is 0 Å². The third-order valence-corrected chi connectivity index (χ3v) is 4.03. The van der Waals surface area contributed by atoms with Gasteiger partial charge in [0.2, 0.25) is 0 Å². The molecule has 0 aromatic heterocycles. The van der Waals surface area contributed by atoms with E-state index in [0.29, 0.717) is 5.56 Å². The van der Waals surface area contributed by atoms with Crippen LogP contribution in [0.5, 0.6) is 0 Å². The van der Waals surface area contributed by atoms with Gasteiger partial charge in [-0.2, -0.15) is 0 Å². The number of carbonyl (C=O) groups excluding carboxylic acids is 1. The molecule has 0 aliphatic rings. The minimum absolute atomic E-state index is 0.702. The van der Waals surface area contributed by atoms with Crippen LogP contribution >= 0.6 is 31.9 Å². The van der Waals surface area contributed by atoms with Crippen molar-refractivity contribution in [3.8, 4) is 0 Å². The number of hydrogen-bond donors (Lipinski definition) is 0. The van der Waals surface area contributed by atoms with E-state index in [1.54, 1.807) is 0 Å². The molecule has 1 aromatic rings. The first-order valence-electron chi connectivity index (χ1n) is 3.48. The molecule has 3 heteroatoms. The van der Waals surface area contributed by atoms with Crippen LogP contribution in [0.15, 0.2) is 15.0 Å². The molecule has 64 valence electrons. The molecule has 12 heavy (non-hydrogen) atoms. The standard InChI is InChI=1S/C9H8Br2O/c1-5-3-7(4-12)9(11)6(2)8(5)10/h3-4H,1-2H3. The van der Waals surface area contributed by atoms with Gasteiger partial charge in [-0.15, -0.1) is 0 Å². The third kappa shape index (κ3) is 1.62. The second-order valence-corrected chi connectivity index (χ2v) is 4.24. The van der Waals surface area contributed by atoms with Crippen molar-refractivity contribution in [2.45, 2.75) is 13.8 Å². The summed E-state index contributed by atoms with van der Waals surface area (Å²) in [5.74, 6) is 0. The van der Waals surface area contributed by atoms with Crippen LogP contribution in [0.2, 0.25) is 0 Å². The zero-order valence-electron chi connectivity index (χ0n) is 6.82. The summed E-state index contributed by atoms with van der Waals surface area (Å²) in [6.45, 7) is 3.94. The zero-order chi connectivity index (χ0) is 9.30. The van der Waals surface area contributed by atoms with E-state index in [1.165, 1.54) is 0 Å². The van der Waals surface area contributed by atoms with E-state index in [2.05, 4.69) is 31.9 Å². The largest absolute Gasteiger partial charge is 0.298 e. The van der Waals surface area contributed by atoms with E-state index in [9.17, 15) is 4.79 Å². The molecule has 0 aliphatic heterocycles. The van der Waals surface area contributed by atoms with Crippen molar-refractivity contribution in [1.82, 2.24) is 0 Å². The number of rotatable bonds is 1. The molecule has 0 fully saturated rings. The number of halogens is 2. The van der Waals surface area contributed by atoms with Gasteiger partial charge < -0.3 is 0 Å². The Morgan fingerprint density at radius 1 is 1.25 bits per heavy atom. The lowest BCUT2D eigenvalue weighted by Gasteiger charge is -2.07. The van der Waals surface area contributed by atoms with E-state index < -0.39 is 0 Å². The van der Waals surface area contributed by atoms with Gasteiger partial charge in [0.05, 0.1) is 0 Å². The number of aryl methyl sites for hydroxylation is 1. The second-order valence-electron chi connectivity index (χ2n) is 2.65. The van der Waals surface area contributed by atoms with Gasteiger partial charge in [-0.3, -0.25) is 4.79 Å². The Balaban J connectivity index is 3.49. The topological polar surface area (TPSA) is 17.1 Å². The summed E-state index contributed by atoms with van der Waals surface area (Å²) in [5, 5.41) is 0. The molecule has 1 nitrogen and oxygen atoms in total. The van der Waals surface area contributed by atoms with Crippen LogP contribution in [0.1, 0.15) is 21.5 Å². The average molecular weight is 292 g/mol. The van der Waals surface area contributed by atoms with Crippen molar-refractivity contribution in [1.29, 1.82) is 0 Å². The molecule has 0 atom stereocenters. The van der Waals surface area contributed by atoms with Crippen molar-refractivity contribution < 1.29 is 4.79 Å². The van der Waals surface area contributed by atoms with Crippen molar-refractivity contribution in [3.05, 3.63) is 31.7 Å². The monoisotopic (exact) mass is 290 g/mol. The van der Waals surface area contributed by atoms with Gasteiger partial charge in [0.25, 0.3) is 0 Å². The number of benzene rings is 1. The molecular weight excluding hydrogens is 284 g/mol. The number of carbonyl (C=O) groups is 1. The molecular formula is C9H8Br2O. The Morgan fingerprint density at radius 2 is 1.83 bits per heavy atom. The summed E-state index contributed by atoms with van der Waals surface area (Å²) in [4.78, 5) is 10.6. The van der Waals surface area contributed by atoms with Gasteiger partial charge in [0, 0.05) is 14.5 Å². The fourth-order valence-corrected chi connectivity index (χ4v) is 2.04. The highest BCUT2D eigenvalue weighted by Gasteiger charge is 2.07. The van der Waals surface area contributed by atoms with Gasteiger partial charge >= 0.3 is 0 Å². The quantitative estimate of drug-likeness (QED) is 0.722. The van der Waals surface area contributed by atoms with E-state index in [4.69, 9.17) is 0 Å². The number of hydrogen-bond acceptors (Lipinski definition) is 1. The van der Waals surface area contributed by atoms with Crippen LogP contribution in [-0.4, -0.2) is 6.29 Å². The molecule has 1 rings (SSSR count). The first-order valence-corrected chi connectivity index (χ1v) is 5.07. The maximum Gasteiger partial charge on any atom is 0.151 e. The number of aldehydes is 1. The molecule has 0 bridgehead atoms. The summed E-state index contributed by atoms with van der Waals surface area (Å²) in [5.41, 5.74) is 2.85. The summed E-state index contributed by atoms with van der Waals surface area (Å²) in [7, 11) is 0. The predicted octanol–water partition coefficient (Wildman–Crippen LogP) is 3.64. The van der Waals surface area contributed by atoms with E-state index in [-0.39, 0.29) is 0 Å². The van der Waals surface area contributed by atoms with Crippen LogP contribution in [-0.2, 0) is 0 Å². The molecule has 0 spiro atoms. The lowest BCUT2D eigenvalue weighted by molar-refractivity contribution is 0.112. The molecule has 0 unspecified atom stereocenters. The highest BCUT2D eigenvalue weighted by Crippen LogP contribution is 2.30. The Hall–Kier alpha value is -0.150. The minimum Gasteiger partial charge on any atom is -0.298 e. The Kier molecular flexibility index (Phi) is 3.07. The molecule has 0 N–H and O–H groups in total. The van der Waals surface area contributed by atoms with Crippen molar-refractivity contribution in [2.75, 3.05) is 0 Å². The van der Waals surface area contributed by atoms with Gasteiger partial charge in [-0.25, -0.2) is 0 Å². The Morgan fingerprint density at radius 3 is 2.33 bits per heavy atom. The lowest BCUT2D eigenvalue weighted by atomic mass is 10.1. The SMILES string of the molecule is Cc1cc(C=O)c(Br)c(C)c1Br. The molecule has 0 saturated heterocycles. The molecule has 0 aliphatic carbocycles. The molecule has 1 aromatic carbocycles. The molecule has 0 radical (unpaired) electrons. The van der Waals surface area contributed by atoms with E-state index in [1.807, 2.05) is 19.9 Å². The summed E-state index contributed by atoms with van der Waals surface area (Å²) >= 11 is 6.81. The normalized spacial score (nSPS) is 10.0. The molecule has 0 amide bonds. The van der Waals surface area contributed by atoms with Gasteiger partial charge in [-0.05, 0) is 47.0 Å². The highest BCUT2D eigenvalue weighted by molar-refractivity contribution is 9.11. The Labute approximate surface area is 88.4 Å². The average Bonchev–Trinajstić information content (AvgIpc) is 2.08. The summed E-state index contributed by atoms with van der Waals surface area (Å²) in [6.07, 6.45) is 0.858. The highest BCUT2D eigenvalue weighted by atomic mass is 79.9. The van der Waals surface area contributed by atoms with E-state index in [0.717, 1.165) is 26.4 Å². The van der Waals surface area contributed by atoms with Crippen LogP contribution in [0, 0.1) is 13.8 Å². The third-order valence-electron chi connectivity index (χ3n) is 1.76. The van der Waals surface area contributed by atoms with Gasteiger partial charge in [0.15, 0.2) is 6.29 Å². The zero-order valence-corrected chi connectivity index (χ0v) is 9.99. The second kappa shape index (κ2) is 3.71. The minimum atomic E-state index is 0.702. The maximum atomic E-state index is 10.6. The van der Waals surface area contributed by atoms with Gasteiger partial charge in [-0.1, -0.05) is 15.9 Å². The van der Waals surface area contributed by atoms with Crippen molar-refractivity contribution in [2.24, 2.45) is 0 Å². The Bertz CT molecular complexity index is 332. The summed E-state index contributed by atoms with van der Waals surface area (Å²) < 4.78 is 1.93. The maximum absolute atomic E-state index is 10.6. The van der Waals surface area contributed by atoms with Crippen molar-refractivity contribution in [3.63, 3.8) is 0 Å². The van der Waals surface area contributed by atoms with Crippen molar-refractivity contribution >= 4 is 38.1 Å². The first kappa shape index (κ1) is 9.93. The van der Waals surface area contributed by atoms with Crippen LogP contribution in [0.3, 0.4) is 0 Å².